The molecule has 3 rings (SSSR count). The van der Waals surface area contributed by atoms with Crippen LogP contribution in [-0.2, 0) is 9.63 Å². The van der Waals surface area contributed by atoms with Gasteiger partial charge in [-0.15, -0.1) is 0 Å². The Bertz CT molecular complexity index is 336. The average molecular weight is 286 g/mol. The first-order chi connectivity index (χ1) is 9.24. The number of carboxylic acid groups (broad SMARTS) is 1. The summed E-state index contributed by atoms with van der Waals surface area (Å²) in [6, 6.07) is 0. The summed E-state index contributed by atoms with van der Waals surface area (Å²) in [5.41, 5.74) is 3.10. The second kappa shape index (κ2) is 5.99. The Kier molecular flexibility index (Phi) is 4.31. The predicted molar refractivity (Wildman–Crippen MR) is 73.5 cm³/mol. The van der Waals surface area contributed by atoms with Crippen LogP contribution in [0, 0.1) is 11.8 Å². The van der Waals surface area contributed by atoms with Gasteiger partial charge in [-0.3, -0.25) is 14.9 Å². The van der Waals surface area contributed by atoms with Crippen molar-refractivity contribution < 1.29 is 14.7 Å². The second-order valence-electron chi connectivity index (χ2n) is 5.81. The summed E-state index contributed by atoms with van der Waals surface area (Å²) in [6.45, 7) is 0. The molecule has 0 spiro atoms. The third-order valence-corrected chi connectivity index (χ3v) is 5.94. The molecule has 3 aliphatic rings. The number of hydroxylamine groups is 1. The fraction of sp³-hybridized carbons (Fsp3) is 0.923. The second-order valence-corrected chi connectivity index (χ2v) is 7.16. The van der Waals surface area contributed by atoms with E-state index in [1.54, 1.807) is 0 Å². The summed E-state index contributed by atoms with van der Waals surface area (Å²) in [7, 11) is 0. The Labute approximate surface area is 117 Å². The first-order valence-corrected chi connectivity index (χ1v) is 8.30. The summed E-state index contributed by atoms with van der Waals surface area (Å²) in [4.78, 5) is 16.8. The molecule has 19 heavy (non-hydrogen) atoms. The first-order valence-electron chi connectivity index (χ1n) is 7.25. The molecule has 2 aliphatic heterocycles. The van der Waals surface area contributed by atoms with Crippen molar-refractivity contribution in [3.8, 4) is 0 Å². The lowest BCUT2D eigenvalue weighted by Crippen LogP contribution is -2.44. The molecule has 2 heterocycles. The van der Waals surface area contributed by atoms with Gasteiger partial charge in [-0.1, -0.05) is 6.42 Å². The van der Waals surface area contributed by atoms with Crippen LogP contribution >= 0.6 is 11.8 Å². The van der Waals surface area contributed by atoms with Gasteiger partial charge in [0.15, 0.2) is 0 Å². The minimum Gasteiger partial charge on any atom is -0.481 e. The maximum absolute atomic E-state index is 11.1. The molecule has 6 heteroatoms. The van der Waals surface area contributed by atoms with E-state index in [0.717, 1.165) is 25.7 Å². The van der Waals surface area contributed by atoms with E-state index in [1.165, 1.54) is 18.6 Å². The van der Waals surface area contributed by atoms with E-state index in [9.17, 15) is 4.79 Å². The van der Waals surface area contributed by atoms with E-state index in [1.807, 2.05) is 11.8 Å². The van der Waals surface area contributed by atoms with Crippen LogP contribution in [0.2, 0.25) is 0 Å². The van der Waals surface area contributed by atoms with Gasteiger partial charge in [-0.2, -0.15) is 17.2 Å². The topological polar surface area (TPSA) is 70.6 Å². The van der Waals surface area contributed by atoms with Crippen LogP contribution in [0.15, 0.2) is 0 Å². The molecule has 1 aliphatic carbocycles. The monoisotopic (exact) mass is 286 g/mol. The fourth-order valence-electron chi connectivity index (χ4n) is 3.40. The van der Waals surface area contributed by atoms with Crippen molar-refractivity contribution in [2.45, 2.75) is 56.2 Å². The van der Waals surface area contributed by atoms with Gasteiger partial charge >= 0.3 is 5.97 Å². The van der Waals surface area contributed by atoms with E-state index in [-0.39, 0.29) is 18.3 Å². The van der Waals surface area contributed by atoms with Crippen LogP contribution in [0.1, 0.15) is 38.5 Å². The van der Waals surface area contributed by atoms with Gasteiger partial charge in [0.1, 0.15) is 6.23 Å². The zero-order valence-electron chi connectivity index (χ0n) is 11.0. The molecule has 1 saturated carbocycles. The number of aliphatic carboxylic acids is 1. The summed E-state index contributed by atoms with van der Waals surface area (Å²) >= 11 is 1.97. The lowest BCUT2D eigenvalue weighted by atomic mass is 9.80. The molecule has 0 radical (unpaired) electrons. The van der Waals surface area contributed by atoms with Crippen molar-refractivity contribution in [3.63, 3.8) is 0 Å². The minimum absolute atomic E-state index is 0.0858. The van der Waals surface area contributed by atoms with Gasteiger partial charge in [-0.25, -0.2) is 0 Å². The maximum atomic E-state index is 11.1. The molecular formula is C13H22N2O3S. The zero-order chi connectivity index (χ0) is 13.2. The normalized spacial score (nSPS) is 43.5. The van der Waals surface area contributed by atoms with Gasteiger partial charge in [-0.05, 0) is 43.8 Å². The van der Waals surface area contributed by atoms with Crippen molar-refractivity contribution in [2.75, 3.05) is 5.75 Å². The number of carboxylic acids is 1. The largest absolute Gasteiger partial charge is 0.481 e. The van der Waals surface area contributed by atoms with Gasteiger partial charge in [0.2, 0.25) is 0 Å². The van der Waals surface area contributed by atoms with Crippen molar-refractivity contribution in [1.82, 2.24) is 10.8 Å². The van der Waals surface area contributed by atoms with E-state index < -0.39 is 5.97 Å². The molecule has 0 aromatic carbocycles. The smallest absolute Gasteiger partial charge is 0.306 e. The van der Waals surface area contributed by atoms with E-state index in [4.69, 9.17) is 9.94 Å². The molecule has 2 saturated heterocycles. The van der Waals surface area contributed by atoms with E-state index in [2.05, 4.69) is 10.8 Å². The lowest BCUT2D eigenvalue weighted by molar-refractivity contribution is -0.143. The number of rotatable bonds is 3. The highest BCUT2D eigenvalue weighted by atomic mass is 32.2. The molecule has 3 fully saturated rings. The quantitative estimate of drug-likeness (QED) is 0.731. The first kappa shape index (κ1) is 13.7. The number of nitrogens with one attached hydrogen (secondary N) is 2. The standard InChI is InChI=1S/C13H22N2O3S/c16-13(17)9-4-1-3-8(7-9)11-14-12(18-15-11)10-5-2-6-19-10/h8-12,14-15H,1-7H2,(H,16,17). The predicted octanol–water partition coefficient (Wildman–Crippen LogP) is 1.55. The SMILES string of the molecule is O=C(O)C1CCCC(C2NOC(C3CCCS3)N2)C1. The highest BCUT2D eigenvalue weighted by Crippen LogP contribution is 2.34. The maximum Gasteiger partial charge on any atom is 0.306 e. The Morgan fingerprint density at radius 3 is 2.89 bits per heavy atom. The van der Waals surface area contributed by atoms with Gasteiger partial charge in [0.25, 0.3) is 0 Å². The molecule has 3 N–H and O–H groups in total. The van der Waals surface area contributed by atoms with Crippen LogP contribution in [0.4, 0.5) is 0 Å². The van der Waals surface area contributed by atoms with Crippen LogP contribution < -0.4 is 10.8 Å². The highest BCUT2D eigenvalue weighted by molar-refractivity contribution is 8.00. The summed E-state index contributed by atoms with van der Waals surface area (Å²) in [6.07, 6.45) is 6.35. The van der Waals surface area contributed by atoms with Crippen molar-refractivity contribution in [1.29, 1.82) is 0 Å². The number of carbonyl (C=O) groups is 1. The molecule has 5 nitrogen and oxygen atoms in total. The molecule has 0 aromatic rings. The van der Waals surface area contributed by atoms with E-state index in [0.29, 0.717) is 11.2 Å². The zero-order valence-corrected chi connectivity index (χ0v) is 11.8. The van der Waals surface area contributed by atoms with Crippen molar-refractivity contribution in [2.24, 2.45) is 11.8 Å². The van der Waals surface area contributed by atoms with Crippen LogP contribution in [0.25, 0.3) is 0 Å². The molecular weight excluding hydrogens is 264 g/mol. The van der Waals surface area contributed by atoms with Crippen LogP contribution in [0.5, 0.6) is 0 Å². The fourth-order valence-corrected chi connectivity index (χ4v) is 4.68. The molecule has 0 aromatic heterocycles. The minimum atomic E-state index is -0.647. The van der Waals surface area contributed by atoms with Gasteiger partial charge in [0, 0.05) is 5.25 Å². The Morgan fingerprint density at radius 1 is 1.26 bits per heavy atom. The Hall–Kier alpha value is -0.300. The summed E-state index contributed by atoms with van der Waals surface area (Å²) < 4.78 is 0. The van der Waals surface area contributed by atoms with Crippen molar-refractivity contribution in [3.05, 3.63) is 0 Å². The molecule has 0 amide bonds. The Balaban J connectivity index is 1.53. The summed E-state index contributed by atoms with van der Waals surface area (Å²) in [5, 5.41) is 13.2. The van der Waals surface area contributed by atoms with Crippen LogP contribution in [-0.4, -0.2) is 34.5 Å². The number of hydrogen-bond acceptors (Lipinski definition) is 5. The number of hydrogen-bond donors (Lipinski definition) is 3. The average Bonchev–Trinajstić information content (AvgIpc) is 3.09. The van der Waals surface area contributed by atoms with Gasteiger partial charge < -0.3 is 5.11 Å². The lowest BCUT2D eigenvalue weighted by Gasteiger charge is -2.30. The van der Waals surface area contributed by atoms with Crippen molar-refractivity contribution >= 4 is 17.7 Å². The van der Waals surface area contributed by atoms with Gasteiger partial charge in [0.05, 0.1) is 12.1 Å². The Morgan fingerprint density at radius 2 is 2.16 bits per heavy atom. The van der Waals surface area contributed by atoms with Crippen LogP contribution in [0.3, 0.4) is 0 Å². The molecule has 5 atom stereocenters. The summed E-state index contributed by atoms with van der Waals surface area (Å²) in [5.74, 6) is 0.765. The third kappa shape index (κ3) is 3.07. The van der Waals surface area contributed by atoms with E-state index >= 15 is 0 Å². The molecule has 0 bridgehead atoms. The molecule has 108 valence electrons. The highest BCUT2D eigenvalue weighted by Gasteiger charge is 2.39. The molecule has 5 unspecified atom stereocenters. The number of thioether (sulfide) groups is 1. The third-order valence-electron chi connectivity index (χ3n) is 4.50.